The molecular weight excluding hydrogens is 226 g/mol. The Morgan fingerprint density at radius 2 is 2.17 bits per heavy atom. The molecule has 94 valence electrons. The molecule has 0 saturated carbocycles. The van der Waals surface area contributed by atoms with Crippen molar-refractivity contribution in [3.05, 3.63) is 53.5 Å². The fourth-order valence-corrected chi connectivity index (χ4v) is 1.89. The number of ether oxygens (including phenoxy) is 1. The standard InChI is InChI=1S/C15H17NO2/c1-4-8-16-9-7-12-10-13(18-11(2)3)5-6-14(12)15(16)17/h4-7,9-11H,1,8H2,2-3H3. The molecule has 0 aliphatic carbocycles. The summed E-state index contributed by atoms with van der Waals surface area (Å²) in [6, 6.07) is 7.47. The highest BCUT2D eigenvalue weighted by Crippen LogP contribution is 2.19. The van der Waals surface area contributed by atoms with Crippen LogP contribution < -0.4 is 10.3 Å². The van der Waals surface area contributed by atoms with Gasteiger partial charge < -0.3 is 9.30 Å². The van der Waals surface area contributed by atoms with Gasteiger partial charge >= 0.3 is 0 Å². The minimum absolute atomic E-state index is 0.00324. The van der Waals surface area contributed by atoms with Crippen LogP contribution in [0.4, 0.5) is 0 Å². The van der Waals surface area contributed by atoms with Crippen LogP contribution in [-0.2, 0) is 6.54 Å². The van der Waals surface area contributed by atoms with Crippen molar-refractivity contribution in [1.82, 2.24) is 4.57 Å². The van der Waals surface area contributed by atoms with Gasteiger partial charge in [0.2, 0.25) is 0 Å². The molecule has 0 aliphatic heterocycles. The van der Waals surface area contributed by atoms with E-state index in [2.05, 4.69) is 6.58 Å². The number of nitrogens with zero attached hydrogens (tertiary/aromatic N) is 1. The third kappa shape index (κ3) is 2.45. The fraction of sp³-hybridized carbons (Fsp3) is 0.267. The third-order valence-corrected chi connectivity index (χ3v) is 2.65. The fourth-order valence-electron chi connectivity index (χ4n) is 1.89. The first-order valence-electron chi connectivity index (χ1n) is 6.02. The summed E-state index contributed by atoms with van der Waals surface area (Å²) in [6.07, 6.45) is 3.62. The van der Waals surface area contributed by atoms with E-state index in [1.54, 1.807) is 16.8 Å². The molecule has 0 fully saturated rings. The molecule has 0 amide bonds. The van der Waals surface area contributed by atoms with Gasteiger partial charge in [-0.3, -0.25) is 4.79 Å². The van der Waals surface area contributed by atoms with E-state index in [0.29, 0.717) is 11.9 Å². The zero-order valence-electron chi connectivity index (χ0n) is 10.7. The van der Waals surface area contributed by atoms with E-state index < -0.39 is 0 Å². The number of aromatic nitrogens is 1. The van der Waals surface area contributed by atoms with Crippen LogP contribution in [0.5, 0.6) is 5.75 Å². The third-order valence-electron chi connectivity index (χ3n) is 2.65. The maximum absolute atomic E-state index is 12.1. The van der Waals surface area contributed by atoms with E-state index in [4.69, 9.17) is 4.74 Å². The van der Waals surface area contributed by atoms with Gasteiger partial charge in [-0.2, -0.15) is 0 Å². The first kappa shape index (κ1) is 12.4. The van der Waals surface area contributed by atoms with Crippen LogP contribution in [0.3, 0.4) is 0 Å². The zero-order valence-corrected chi connectivity index (χ0v) is 10.7. The number of benzene rings is 1. The van der Waals surface area contributed by atoms with E-state index >= 15 is 0 Å². The summed E-state index contributed by atoms with van der Waals surface area (Å²) in [6.45, 7) is 8.13. The van der Waals surface area contributed by atoms with Gasteiger partial charge in [0.1, 0.15) is 5.75 Å². The van der Waals surface area contributed by atoms with Gasteiger partial charge in [-0.1, -0.05) is 6.08 Å². The van der Waals surface area contributed by atoms with Crippen molar-refractivity contribution < 1.29 is 4.74 Å². The lowest BCUT2D eigenvalue weighted by atomic mass is 10.1. The molecule has 0 N–H and O–H groups in total. The minimum Gasteiger partial charge on any atom is -0.491 e. The second-order valence-electron chi connectivity index (χ2n) is 4.48. The molecule has 1 aromatic carbocycles. The lowest BCUT2D eigenvalue weighted by Crippen LogP contribution is -2.18. The quantitative estimate of drug-likeness (QED) is 0.773. The van der Waals surface area contributed by atoms with Gasteiger partial charge in [0.05, 0.1) is 6.10 Å². The van der Waals surface area contributed by atoms with Crippen molar-refractivity contribution in [3.63, 3.8) is 0 Å². The molecule has 0 unspecified atom stereocenters. The van der Waals surface area contributed by atoms with Gasteiger partial charge in [0.15, 0.2) is 0 Å². The summed E-state index contributed by atoms with van der Waals surface area (Å²) >= 11 is 0. The molecule has 2 aromatic rings. The second-order valence-corrected chi connectivity index (χ2v) is 4.48. The molecule has 18 heavy (non-hydrogen) atoms. The van der Waals surface area contributed by atoms with Crippen LogP contribution in [-0.4, -0.2) is 10.7 Å². The topological polar surface area (TPSA) is 31.2 Å². The largest absolute Gasteiger partial charge is 0.491 e. The Morgan fingerprint density at radius 1 is 1.39 bits per heavy atom. The number of hydrogen-bond donors (Lipinski definition) is 0. The summed E-state index contributed by atoms with van der Waals surface area (Å²) in [4.78, 5) is 12.1. The van der Waals surface area contributed by atoms with Crippen molar-refractivity contribution in [3.8, 4) is 5.75 Å². The van der Waals surface area contributed by atoms with Crippen molar-refractivity contribution in [2.45, 2.75) is 26.5 Å². The van der Waals surface area contributed by atoms with Crippen LogP contribution in [0.15, 0.2) is 47.9 Å². The highest BCUT2D eigenvalue weighted by Gasteiger charge is 2.04. The van der Waals surface area contributed by atoms with Gasteiger partial charge in [0, 0.05) is 18.1 Å². The Kier molecular flexibility index (Phi) is 3.51. The van der Waals surface area contributed by atoms with Crippen LogP contribution in [0, 0.1) is 0 Å². The Labute approximate surface area is 106 Å². The lowest BCUT2D eigenvalue weighted by molar-refractivity contribution is 0.243. The smallest absolute Gasteiger partial charge is 0.258 e. The van der Waals surface area contributed by atoms with Crippen LogP contribution in [0.2, 0.25) is 0 Å². The molecule has 0 radical (unpaired) electrons. The second kappa shape index (κ2) is 5.08. The molecule has 3 heteroatoms. The maximum Gasteiger partial charge on any atom is 0.258 e. The Morgan fingerprint density at radius 3 is 2.83 bits per heavy atom. The Hall–Kier alpha value is -2.03. The first-order chi connectivity index (χ1) is 8.61. The maximum atomic E-state index is 12.1. The van der Waals surface area contributed by atoms with Crippen LogP contribution >= 0.6 is 0 Å². The molecule has 0 bridgehead atoms. The first-order valence-corrected chi connectivity index (χ1v) is 6.02. The summed E-state index contributed by atoms with van der Waals surface area (Å²) in [7, 11) is 0. The number of fused-ring (bicyclic) bond motifs is 1. The number of allylic oxidation sites excluding steroid dienone is 1. The molecular formula is C15H17NO2. The van der Waals surface area contributed by atoms with Crippen LogP contribution in [0.1, 0.15) is 13.8 Å². The van der Waals surface area contributed by atoms with Crippen molar-refractivity contribution in [2.75, 3.05) is 0 Å². The van der Waals surface area contributed by atoms with E-state index in [-0.39, 0.29) is 11.7 Å². The number of rotatable bonds is 4. The van der Waals surface area contributed by atoms with Crippen molar-refractivity contribution in [2.24, 2.45) is 0 Å². The molecule has 0 aliphatic rings. The normalized spacial score (nSPS) is 10.8. The molecule has 1 aromatic heterocycles. The van der Waals surface area contributed by atoms with E-state index in [0.717, 1.165) is 11.1 Å². The summed E-state index contributed by atoms with van der Waals surface area (Å²) in [5, 5.41) is 1.61. The monoisotopic (exact) mass is 243 g/mol. The Balaban J connectivity index is 2.50. The summed E-state index contributed by atoms with van der Waals surface area (Å²) in [5.74, 6) is 0.790. The predicted octanol–water partition coefficient (Wildman–Crippen LogP) is 2.97. The summed E-state index contributed by atoms with van der Waals surface area (Å²) in [5.41, 5.74) is 0.00324. The average Bonchev–Trinajstić information content (AvgIpc) is 2.32. The van der Waals surface area contributed by atoms with Gasteiger partial charge in [-0.15, -0.1) is 6.58 Å². The molecule has 0 saturated heterocycles. The number of pyridine rings is 1. The molecule has 3 nitrogen and oxygen atoms in total. The van der Waals surface area contributed by atoms with Gasteiger partial charge in [-0.05, 0) is 43.5 Å². The van der Waals surface area contributed by atoms with E-state index in [1.165, 1.54) is 0 Å². The molecule has 1 heterocycles. The van der Waals surface area contributed by atoms with Gasteiger partial charge in [-0.25, -0.2) is 0 Å². The summed E-state index contributed by atoms with van der Waals surface area (Å²) < 4.78 is 7.25. The lowest BCUT2D eigenvalue weighted by Gasteiger charge is -2.10. The van der Waals surface area contributed by atoms with Gasteiger partial charge in [0.25, 0.3) is 5.56 Å². The van der Waals surface area contributed by atoms with E-state index in [9.17, 15) is 4.79 Å². The van der Waals surface area contributed by atoms with Crippen molar-refractivity contribution >= 4 is 10.8 Å². The van der Waals surface area contributed by atoms with Crippen molar-refractivity contribution in [1.29, 1.82) is 0 Å². The number of hydrogen-bond acceptors (Lipinski definition) is 2. The predicted molar refractivity (Wildman–Crippen MR) is 74.2 cm³/mol. The SMILES string of the molecule is C=CCn1ccc2cc(OC(C)C)ccc2c1=O. The minimum atomic E-state index is 0.00324. The highest BCUT2D eigenvalue weighted by molar-refractivity contribution is 5.82. The van der Waals surface area contributed by atoms with E-state index in [1.807, 2.05) is 38.1 Å². The molecule has 0 atom stereocenters. The molecule has 2 rings (SSSR count). The average molecular weight is 243 g/mol. The zero-order chi connectivity index (χ0) is 13.1. The highest BCUT2D eigenvalue weighted by atomic mass is 16.5. The van der Waals surface area contributed by atoms with Crippen LogP contribution in [0.25, 0.3) is 10.8 Å². The molecule has 0 spiro atoms. The Bertz CT molecular complexity index is 626.